The highest BCUT2D eigenvalue weighted by Gasteiger charge is 2.36. The van der Waals surface area contributed by atoms with Gasteiger partial charge in [-0.2, -0.15) is 0 Å². The molecule has 2 aromatic heterocycles. The minimum absolute atomic E-state index is 0.104. The van der Waals surface area contributed by atoms with Crippen molar-refractivity contribution in [1.82, 2.24) is 9.55 Å². The summed E-state index contributed by atoms with van der Waals surface area (Å²) in [4.78, 5) is 9.73. The fourth-order valence-electron chi connectivity index (χ4n) is 8.15. The molecule has 2 aliphatic rings. The van der Waals surface area contributed by atoms with E-state index in [4.69, 9.17) is 4.98 Å². The van der Waals surface area contributed by atoms with E-state index in [9.17, 15) is 0 Å². The topological polar surface area (TPSA) is 24.3 Å². The minimum Gasteiger partial charge on any atom is -0.310 e. The summed E-state index contributed by atoms with van der Waals surface area (Å²) in [6.07, 6.45) is 1.94. The number of hydrogen-bond acceptors (Lipinski definition) is 3. The number of para-hydroxylation sites is 6. The van der Waals surface area contributed by atoms with Gasteiger partial charge in [0.15, 0.2) is 0 Å². The molecular formula is C44H32N4. The van der Waals surface area contributed by atoms with Gasteiger partial charge in [-0.1, -0.05) is 105 Å². The monoisotopic (exact) mass is 616 g/mol. The Morgan fingerprint density at radius 2 is 1.06 bits per heavy atom. The van der Waals surface area contributed by atoms with Crippen LogP contribution in [0.4, 0.5) is 34.1 Å². The van der Waals surface area contributed by atoms with E-state index in [-0.39, 0.29) is 5.41 Å². The maximum atomic E-state index is 4.93. The van der Waals surface area contributed by atoms with Crippen LogP contribution in [0.5, 0.6) is 0 Å². The Morgan fingerprint density at radius 3 is 1.85 bits per heavy atom. The first-order chi connectivity index (χ1) is 23.6. The molecule has 0 amide bonds. The third-order valence-electron chi connectivity index (χ3n) is 10.3. The number of pyridine rings is 1. The predicted molar refractivity (Wildman–Crippen MR) is 199 cm³/mol. The van der Waals surface area contributed by atoms with Gasteiger partial charge in [0.25, 0.3) is 0 Å². The van der Waals surface area contributed by atoms with E-state index in [1.807, 2.05) is 6.20 Å². The van der Waals surface area contributed by atoms with Crippen molar-refractivity contribution >= 4 is 55.9 Å². The van der Waals surface area contributed by atoms with Gasteiger partial charge in [-0.25, -0.2) is 0 Å². The van der Waals surface area contributed by atoms with Gasteiger partial charge < -0.3 is 14.4 Å². The fourth-order valence-corrected chi connectivity index (χ4v) is 8.15. The van der Waals surface area contributed by atoms with Gasteiger partial charge in [0.1, 0.15) is 0 Å². The van der Waals surface area contributed by atoms with Crippen molar-refractivity contribution in [2.45, 2.75) is 19.3 Å². The average molecular weight is 617 g/mol. The Kier molecular flexibility index (Phi) is 5.59. The lowest BCUT2D eigenvalue weighted by Gasteiger charge is -2.42. The Balaban J connectivity index is 1.13. The highest BCUT2D eigenvalue weighted by atomic mass is 15.2. The zero-order valence-electron chi connectivity index (χ0n) is 26.8. The third-order valence-corrected chi connectivity index (χ3v) is 10.3. The summed E-state index contributed by atoms with van der Waals surface area (Å²) in [6.45, 7) is 4.65. The summed E-state index contributed by atoms with van der Waals surface area (Å²) in [6, 6.07) is 54.8. The van der Waals surface area contributed by atoms with Gasteiger partial charge in [0.2, 0.25) is 0 Å². The Morgan fingerprint density at radius 1 is 0.479 bits per heavy atom. The van der Waals surface area contributed by atoms with E-state index < -0.39 is 0 Å². The van der Waals surface area contributed by atoms with Crippen LogP contribution in [-0.2, 0) is 5.41 Å². The molecule has 0 bridgehead atoms. The Bertz CT molecular complexity index is 2530. The molecule has 0 saturated heterocycles. The van der Waals surface area contributed by atoms with Gasteiger partial charge in [-0.3, -0.25) is 4.98 Å². The van der Waals surface area contributed by atoms with E-state index in [0.29, 0.717) is 0 Å². The lowest BCUT2D eigenvalue weighted by Crippen LogP contribution is -2.30. The molecule has 6 aromatic carbocycles. The molecule has 8 aromatic rings. The Labute approximate surface area is 279 Å². The molecule has 0 atom stereocenters. The number of benzene rings is 6. The van der Waals surface area contributed by atoms with Crippen LogP contribution >= 0.6 is 0 Å². The first kappa shape index (κ1) is 27.0. The number of nitrogens with zero attached hydrogens (tertiary/aromatic N) is 4. The minimum atomic E-state index is -0.104. The molecule has 0 saturated carbocycles. The van der Waals surface area contributed by atoms with Crippen molar-refractivity contribution in [1.29, 1.82) is 0 Å². The number of aromatic nitrogens is 2. The van der Waals surface area contributed by atoms with Crippen LogP contribution in [0.1, 0.15) is 25.0 Å². The maximum Gasteiger partial charge on any atom is 0.0783 e. The molecule has 0 unspecified atom stereocenters. The summed E-state index contributed by atoms with van der Waals surface area (Å²) >= 11 is 0. The highest BCUT2D eigenvalue weighted by Crippen LogP contribution is 2.52. The van der Waals surface area contributed by atoms with Crippen molar-refractivity contribution in [2.75, 3.05) is 9.80 Å². The second-order valence-electron chi connectivity index (χ2n) is 13.3. The number of hydrogen-bond donors (Lipinski definition) is 0. The van der Waals surface area contributed by atoms with Crippen LogP contribution < -0.4 is 9.80 Å². The molecule has 0 N–H and O–H groups in total. The summed E-state index contributed by atoms with van der Waals surface area (Å²) < 4.78 is 2.43. The number of fused-ring (bicyclic) bond motifs is 7. The van der Waals surface area contributed by atoms with Crippen molar-refractivity contribution in [3.8, 4) is 16.9 Å². The van der Waals surface area contributed by atoms with Crippen molar-refractivity contribution < 1.29 is 0 Å². The van der Waals surface area contributed by atoms with Crippen LogP contribution in [0.25, 0.3) is 38.8 Å². The van der Waals surface area contributed by atoms with E-state index in [1.165, 1.54) is 55.7 Å². The van der Waals surface area contributed by atoms with Crippen LogP contribution in [0, 0.1) is 0 Å². The summed E-state index contributed by atoms with van der Waals surface area (Å²) in [5.74, 6) is 0. The van der Waals surface area contributed by atoms with Crippen LogP contribution in [-0.4, -0.2) is 9.55 Å². The quantitative estimate of drug-likeness (QED) is 0.197. The zero-order valence-corrected chi connectivity index (χ0v) is 26.8. The van der Waals surface area contributed by atoms with Crippen molar-refractivity contribution in [2.24, 2.45) is 0 Å². The van der Waals surface area contributed by atoms with E-state index >= 15 is 0 Å². The molecule has 228 valence electrons. The maximum absolute atomic E-state index is 4.93. The van der Waals surface area contributed by atoms with E-state index in [2.05, 4.69) is 180 Å². The van der Waals surface area contributed by atoms with Crippen LogP contribution in [0.3, 0.4) is 0 Å². The predicted octanol–water partition coefficient (Wildman–Crippen LogP) is 11.7. The normalized spacial score (nSPS) is 14.1. The highest BCUT2D eigenvalue weighted by molar-refractivity contribution is 6.16. The molecule has 0 aliphatic carbocycles. The number of rotatable bonds is 3. The molecule has 4 heteroatoms. The average Bonchev–Trinajstić information content (AvgIpc) is 3.48. The van der Waals surface area contributed by atoms with Crippen molar-refractivity contribution in [3.63, 3.8) is 0 Å². The first-order valence-corrected chi connectivity index (χ1v) is 16.6. The molecule has 48 heavy (non-hydrogen) atoms. The van der Waals surface area contributed by atoms with Crippen LogP contribution in [0.2, 0.25) is 0 Å². The smallest absolute Gasteiger partial charge is 0.0783 e. The zero-order chi connectivity index (χ0) is 32.0. The standard InChI is InChI=1S/C44H32N4/c1-44(2)34-17-4-7-20-38(34)46(39-21-8-5-18-35(39)44)31-25-26-45-36(28-31)29-13-11-14-30(27-29)47-40-22-9-10-23-41(40)48-37-19-6-3-15-32(37)33-16-12-24-42(47)43(33)48/h3-28H,1-2H3. The summed E-state index contributed by atoms with van der Waals surface area (Å²) in [7, 11) is 0. The molecule has 2 aliphatic heterocycles. The van der Waals surface area contributed by atoms with Gasteiger partial charge in [0, 0.05) is 39.3 Å². The third kappa shape index (κ3) is 3.68. The SMILES string of the molecule is CC1(C)c2ccccc2N(c2ccnc(-c3cccc(N4c5ccccc5-n5c6ccccc6c6cccc4c65)c3)c2)c2ccccc21. The van der Waals surface area contributed by atoms with Gasteiger partial charge in [0.05, 0.1) is 45.2 Å². The van der Waals surface area contributed by atoms with E-state index in [0.717, 1.165) is 28.3 Å². The van der Waals surface area contributed by atoms with Gasteiger partial charge in [-0.15, -0.1) is 0 Å². The Hall–Kier alpha value is -6.13. The molecular weight excluding hydrogens is 585 g/mol. The molecule has 0 radical (unpaired) electrons. The summed E-state index contributed by atoms with van der Waals surface area (Å²) in [5, 5.41) is 2.53. The van der Waals surface area contributed by atoms with E-state index in [1.54, 1.807) is 0 Å². The lowest BCUT2D eigenvalue weighted by molar-refractivity contribution is 0.632. The second kappa shape index (κ2) is 9.93. The fraction of sp³-hybridized carbons (Fsp3) is 0.0682. The van der Waals surface area contributed by atoms with Gasteiger partial charge >= 0.3 is 0 Å². The molecule has 0 fully saturated rings. The first-order valence-electron chi connectivity index (χ1n) is 16.6. The molecule has 4 heterocycles. The molecule has 4 nitrogen and oxygen atoms in total. The lowest BCUT2D eigenvalue weighted by atomic mass is 9.73. The number of anilines is 6. The largest absolute Gasteiger partial charge is 0.310 e. The summed E-state index contributed by atoms with van der Waals surface area (Å²) in [5.41, 5.74) is 15.1. The second-order valence-corrected chi connectivity index (χ2v) is 13.3. The van der Waals surface area contributed by atoms with Crippen molar-refractivity contribution in [3.05, 3.63) is 169 Å². The molecule has 0 spiro atoms. The van der Waals surface area contributed by atoms with Gasteiger partial charge in [-0.05, 0) is 71.8 Å². The molecule has 10 rings (SSSR count). The van der Waals surface area contributed by atoms with Crippen LogP contribution in [0.15, 0.2) is 158 Å².